The third-order valence-corrected chi connectivity index (χ3v) is 5.96. The Morgan fingerprint density at radius 3 is 2.17 bits per heavy atom. The van der Waals surface area contributed by atoms with Gasteiger partial charge in [-0.2, -0.15) is 0 Å². The van der Waals surface area contributed by atoms with Gasteiger partial charge in [-0.3, -0.25) is 4.79 Å². The number of hydrogen-bond acceptors (Lipinski definition) is 7. The summed E-state index contributed by atoms with van der Waals surface area (Å²) in [7, 11) is 1.60. The predicted molar refractivity (Wildman–Crippen MR) is 114 cm³/mol. The van der Waals surface area contributed by atoms with Crippen LogP contribution in [0.25, 0.3) is 0 Å². The number of hydrogen-bond donors (Lipinski definition) is 0. The number of morpholine rings is 1. The minimum Gasteiger partial charge on any atom is -0.497 e. The Morgan fingerprint density at radius 1 is 0.966 bits per heavy atom. The first-order valence-electron chi connectivity index (χ1n) is 9.70. The maximum Gasteiger partial charge on any atom is 0.255 e. The first-order chi connectivity index (χ1) is 14.2. The SMILES string of the molecule is COc1ccc(Br)c(C(=O)N2CCN(c3ccc(N4CCOCC4)nn3)CC2)c1. The number of amides is 1. The van der Waals surface area contributed by atoms with Gasteiger partial charge in [0.05, 0.1) is 25.9 Å². The molecule has 8 nitrogen and oxygen atoms in total. The van der Waals surface area contributed by atoms with Gasteiger partial charge in [0.25, 0.3) is 5.91 Å². The lowest BCUT2D eigenvalue weighted by Gasteiger charge is -2.35. The van der Waals surface area contributed by atoms with Gasteiger partial charge in [0.15, 0.2) is 11.6 Å². The average Bonchev–Trinajstić information content (AvgIpc) is 2.80. The molecule has 0 unspecified atom stereocenters. The zero-order valence-electron chi connectivity index (χ0n) is 16.4. The number of halogens is 1. The fourth-order valence-electron chi connectivity index (χ4n) is 3.55. The number of carbonyl (C=O) groups is 1. The highest BCUT2D eigenvalue weighted by atomic mass is 79.9. The van der Waals surface area contributed by atoms with Crippen LogP contribution >= 0.6 is 15.9 Å². The summed E-state index contributed by atoms with van der Waals surface area (Å²) in [6.07, 6.45) is 0. The maximum absolute atomic E-state index is 12.9. The molecule has 0 N–H and O–H groups in total. The molecule has 1 aromatic heterocycles. The number of aromatic nitrogens is 2. The summed E-state index contributed by atoms with van der Waals surface area (Å²) in [6.45, 7) is 5.84. The lowest BCUT2D eigenvalue weighted by molar-refractivity contribution is 0.0745. The molecule has 3 heterocycles. The first kappa shape index (κ1) is 19.9. The lowest BCUT2D eigenvalue weighted by atomic mass is 10.1. The van der Waals surface area contributed by atoms with Crippen LogP contribution in [0.15, 0.2) is 34.8 Å². The van der Waals surface area contributed by atoms with Crippen molar-refractivity contribution < 1.29 is 14.3 Å². The Bertz CT molecular complexity index is 850. The Balaban J connectivity index is 1.37. The van der Waals surface area contributed by atoms with E-state index in [2.05, 4.69) is 35.9 Å². The van der Waals surface area contributed by atoms with E-state index in [0.29, 0.717) is 24.4 Å². The van der Waals surface area contributed by atoms with E-state index >= 15 is 0 Å². The molecule has 2 aromatic rings. The topological polar surface area (TPSA) is 71.0 Å². The summed E-state index contributed by atoms with van der Waals surface area (Å²) < 4.78 is 11.4. The van der Waals surface area contributed by atoms with Gasteiger partial charge in [-0.05, 0) is 46.3 Å². The third-order valence-electron chi connectivity index (χ3n) is 5.27. The Hall–Kier alpha value is -2.39. The first-order valence-corrected chi connectivity index (χ1v) is 10.5. The van der Waals surface area contributed by atoms with E-state index in [1.807, 2.05) is 29.2 Å². The fourth-order valence-corrected chi connectivity index (χ4v) is 3.97. The molecule has 0 aliphatic carbocycles. The van der Waals surface area contributed by atoms with Gasteiger partial charge in [0.1, 0.15) is 5.75 Å². The van der Waals surface area contributed by atoms with Crippen molar-refractivity contribution in [2.45, 2.75) is 0 Å². The van der Waals surface area contributed by atoms with Crippen molar-refractivity contribution in [2.24, 2.45) is 0 Å². The van der Waals surface area contributed by atoms with Crippen LogP contribution in [0.1, 0.15) is 10.4 Å². The summed E-state index contributed by atoms with van der Waals surface area (Å²) >= 11 is 3.47. The van der Waals surface area contributed by atoms with Gasteiger partial charge in [0.2, 0.25) is 0 Å². The molecule has 0 spiro atoms. The van der Waals surface area contributed by atoms with Crippen molar-refractivity contribution in [1.29, 1.82) is 0 Å². The molecule has 4 rings (SSSR count). The second-order valence-electron chi connectivity index (χ2n) is 6.97. The maximum atomic E-state index is 12.9. The van der Waals surface area contributed by atoms with Crippen LogP contribution < -0.4 is 14.5 Å². The van der Waals surface area contributed by atoms with Gasteiger partial charge in [0, 0.05) is 43.7 Å². The number of benzene rings is 1. The van der Waals surface area contributed by atoms with E-state index in [1.165, 1.54) is 0 Å². The molecule has 0 radical (unpaired) electrons. The minimum absolute atomic E-state index is 0.00387. The molecule has 0 saturated carbocycles. The van der Waals surface area contributed by atoms with Gasteiger partial charge < -0.3 is 24.2 Å². The van der Waals surface area contributed by atoms with Crippen LogP contribution in [0, 0.1) is 0 Å². The fraction of sp³-hybridized carbons (Fsp3) is 0.450. The van der Waals surface area contributed by atoms with Crippen LogP contribution in [0.5, 0.6) is 5.75 Å². The normalized spacial score (nSPS) is 17.4. The van der Waals surface area contributed by atoms with Gasteiger partial charge in [-0.25, -0.2) is 0 Å². The molecule has 9 heteroatoms. The number of anilines is 2. The molecule has 2 aliphatic heterocycles. The summed E-state index contributed by atoms with van der Waals surface area (Å²) in [5.41, 5.74) is 0.618. The molecule has 2 fully saturated rings. The number of methoxy groups -OCH3 is 1. The van der Waals surface area contributed by atoms with Crippen molar-refractivity contribution in [1.82, 2.24) is 15.1 Å². The molecule has 154 valence electrons. The van der Waals surface area contributed by atoms with E-state index in [9.17, 15) is 4.79 Å². The molecule has 1 amide bonds. The quantitative estimate of drug-likeness (QED) is 0.689. The van der Waals surface area contributed by atoms with Crippen molar-refractivity contribution in [2.75, 3.05) is 69.4 Å². The molecule has 0 atom stereocenters. The van der Waals surface area contributed by atoms with Gasteiger partial charge in [-0.15, -0.1) is 10.2 Å². The zero-order valence-corrected chi connectivity index (χ0v) is 18.0. The number of ether oxygens (including phenoxy) is 2. The van der Waals surface area contributed by atoms with Crippen LogP contribution in [0.2, 0.25) is 0 Å². The highest BCUT2D eigenvalue weighted by Gasteiger charge is 2.25. The Morgan fingerprint density at radius 2 is 1.59 bits per heavy atom. The Kier molecular flexibility index (Phi) is 6.15. The highest BCUT2D eigenvalue weighted by Crippen LogP contribution is 2.25. The number of rotatable bonds is 4. The number of nitrogens with zero attached hydrogens (tertiary/aromatic N) is 5. The van der Waals surface area contributed by atoms with Crippen molar-refractivity contribution >= 4 is 33.5 Å². The monoisotopic (exact) mass is 461 g/mol. The summed E-state index contributed by atoms with van der Waals surface area (Å²) in [5, 5.41) is 8.80. The van der Waals surface area contributed by atoms with Crippen LogP contribution in [-0.4, -0.2) is 80.6 Å². The smallest absolute Gasteiger partial charge is 0.255 e. The van der Waals surface area contributed by atoms with Crippen molar-refractivity contribution in [3.63, 3.8) is 0 Å². The second-order valence-corrected chi connectivity index (χ2v) is 7.83. The minimum atomic E-state index is 0.00387. The molecule has 29 heavy (non-hydrogen) atoms. The van der Waals surface area contributed by atoms with Gasteiger partial charge >= 0.3 is 0 Å². The standard InChI is InChI=1S/C20H24BrN5O3/c1-28-15-2-3-17(21)16(14-15)20(27)26-8-6-24(7-9-26)18-4-5-19(23-22-18)25-10-12-29-13-11-25/h2-5,14H,6-13H2,1H3. The van der Waals surface area contributed by atoms with Crippen molar-refractivity contribution in [3.8, 4) is 5.75 Å². The van der Waals surface area contributed by atoms with Crippen molar-refractivity contribution in [3.05, 3.63) is 40.4 Å². The third kappa shape index (κ3) is 4.45. The lowest BCUT2D eigenvalue weighted by Crippen LogP contribution is -2.49. The predicted octanol–water partition coefficient (Wildman–Crippen LogP) is 2.05. The molecular weight excluding hydrogens is 438 g/mol. The molecular formula is C20H24BrN5O3. The largest absolute Gasteiger partial charge is 0.497 e. The molecule has 2 saturated heterocycles. The molecule has 0 bridgehead atoms. The Labute approximate surface area is 178 Å². The zero-order chi connectivity index (χ0) is 20.2. The van der Waals surface area contributed by atoms with E-state index in [-0.39, 0.29) is 5.91 Å². The van der Waals surface area contributed by atoms with E-state index in [1.54, 1.807) is 13.2 Å². The van der Waals surface area contributed by atoms with Crippen LogP contribution in [0.3, 0.4) is 0 Å². The van der Waals surface area contributed by atoms with E-state index in [4.69, 9.17) is 9.47 Å². The number of piperazine rings is 1. The summed E-state index contributed by atoms with van der Waals surface area (Å²) in [4.78, 5) is 19.1. The number of carbonyl (C=O) groups excluding carboxylic acids is 1. The average molecular weight is 462 g/mol. The van der Waals surface area contributed by atoms with Crippen LogP contribution in [0.4, 0.5) is 11.6 Å². The second kappa shape index (κ2) is 8.96. The van der Waals surface area contributed by atoms with Crippen LogP contribution in [-0.2, 0) is 4.74 Å². The summed E-state index contributed by atoms with van der Waals surface area (Å²) in [6, 6.07) is 9.47. The summed E-state index contributed by atoms with van der Waals surface area (Å²) in [5.74, 6) is 2.40. The van der Waals surface area contributed by atoms with Gasteiger partial charge in [-0.1, -0.05) is 0 Å². The van der Waals surface area contributed by atoms with E-state index in [0.717, 1.165) is 55.5 Å². The molecule has 1 aromatic carbocycles. The highest BCUT2D eigenvalue weighted by molar-refractivity contribution is 9.10. The molecule has 2 aliphatic rings. The van der Waals surface area contributed by atoms with E-state index < -0.39 is 0 Å².